The van der Waals surface area contributed by atoms with E-state index < -0.39 is 6.04 Å². The van der Waals surface area contributed by atoms with Gasteiger partial charge in [-0.05, 0) is 19.1 Å². The van der Waals surface area contributed by atoms with Crippen LogP contribution in [-0.2, 0) is 0 Å². The van der Waals surface area contributed by atoms with Crippen molar-refractivity contribution in [2.24, 2.45) is 5.73 Å². The van der Waals surface area contributed by atoms with Crippen molar-refractivity contribution < 1.29 is 9.53 Å². The molecule has 2 N–H and O–H groups in total. The summed E-state index contributed by atoms with van der Waals surface area (Å²) >= 11 is 5.65. The Balaban J connectivity index is 3.14. The van der Waals surface area contributed by atoms with Crippen LogP contribution < -0.4 is 10.5 Å². The van der Waals surface area contributed by atoms with Gasteiger partial charge in [0.05, 0.1) is 18.7 Å². The van der Waals surface area contributed by atoms with Crippen molar-refractivity contribution in [3.05, 3.63) is 22.8 Å². The van der Waals surface area contributed by atoms with E-state index >= 15 is 0 Å². The van der Waals surface area contributed by atoms with E-state index in [9.17, 15) is 4.79 Å². The molecule has 0 aliphatic heterocycles. The minimum Gasteiger partial charge on any atom is -0.480 e. The molecule has 0 saturated carbocycles. The average Bonchev–Trinajstić information content (AvgIpc) is 2.16. The summed E-state index contributed by atoms with van der Waals surface area (Å²) in [5.41, 5.74) is 5.82. The molecule has 0 saturated heterocycles. The minimum atomic E-state index is -0.577. The zero-order valence-electron chi connectivity index (χ0n) is 7.95. The van der Waals surface area contributed by atoms with E-state index in [1.807, 2.05) is 0 Å². The number of nitrogens with two attached hydrogens (primary N) is 1. The van der Waals surface area contributed by atoms with Crippen LogP contribution in [0.5, 0.6) is 5.88 Å². The molecule has 1 rings (SSSR count). The lowest BCUT2D eigenvalue weighted by molar-refractivity contribution is 0.0964. The number of ketones is 1. The summed E-state index contributed by atoms with van der Waals surface area (Å²) in [4.78, 5) is 15.4. The Hall–Kier alpha value is -1.13. The molecule has 4 nitrogen and oxygen atoms in total. The molecule has 14 heavy (non-hydrogen) atoms. The number of ether oxygens (including phenoxy) is 1. The zero-order chi connectivity index (χ0) is 10.7. The maximum absolute atomic E-state index is 11.5. The van der Waals surface area contributed by atoms with Crippen molar-refractivity contribution in [3.63, 3.8) is 0 Å². The number of methoxy groups -OCH3 is 1. The van der Waals surface area contributed by atoms with E-state index in [1.54, 1.807) is 13.0 Å². The highest BCUT2D eigenvalue weighted by Gasteiger charge is 2.17. The van der Waals surface area contributed by atoms with Gasteiger partial charge in [-0.1, -0.05) is 11.6 Å². The Morgan fingerprint density at radius 2 is 2.29 bits per heavy atom. The molecule has 1 heterocycles. The first-order valence-corrected chi connectivity index (χ1v) is 4.44. The smallest absolute Gasteiger partial charge is 0.225 e. The van der Waals surface area contributed by atoms with E-state index in [0.29, 0.717) is 5.56 Å². The molecule has 1 aromatic heterocycles. The van der Waals surface area contributed by atoms with Gasteiger partial charge in [-0.25, -0.2) is 4.98 Å². The standard InChI is InChI=1S/C9H11ClN2O2/c1-5(11)8(13)6-3-4-7(10)12-9(6)14-2/h3-5H,11H2,1-2H3. The molecule has 76 valence electrons. The lowest BCUT2D eigenvalue weighted by atomic mass is 10.1. The van der Waals surface area contributed by atoms with Gasteiger partial charge in [-0.2, -0.15) is 0 Å². The summed E-state index contributed by atoms with van der Waals surface area (Å²) in [5, 5.41) is 0.281. The highest BCUT2D eigenvalue weighted by Crippen LogP contribution is 2.19. The summed E-state index contributed by atoms with van der Waals surface area (Å²) in [6.07, 6.45) is 0. The summed E-state index contributed by atoms with van der Waals surface area (Å²) in [7, 11) is 1.43. The van der Waals surface area contributed by atoms with Crippen LogP contribution in [0.2, 0.25) is 5.15 Å². The number of hydrogen-bond acceptors (Lipinski definition) is 4. The second-order valence-corrected chi connectivity index (χ2v) is 3.23. The van der Waals surface area contributed by atoms with Gasteiger partial charge in [0.25, 0.3) is 0 Å². The Labute approximate surface area is 87.0 Å². The van der Waals surface area contributed by atoms with E-state index in [-0.39, 0.29) is 16.8 Å². The molecular weight excluding hydrogens is 204 g/mol. The second-order valence-electron chi connectivity index (χ2n) is 2.84. The molecule has 1 atom stereocenters. The molecule has 0 radical (unpaired) electrons. The Kier molecular flexibility index (Phi) is 3.43. The molecule has 5 heteroatoms. The van der Waals surface area contributed by atoms with Gasteiger partial charge >= 0.3 is 0 Å². The third kappa shape index (κ3) is 2.21. The van der Waals surface area contributed by atoms with E-state index in [4.69, 9.17) is 22.1 Å². The number of carbonyl (C=O) groups excluding carboxylic acids is 1. The first-order chi connectivity index (χ1) is 6.56. The van der Waals surface area contributed by atoms with E-state index in [2.05, 4.69) is 4.98 Å². The average molecular weight is 215 g/mol. The number of aromatic nitrogens is 1. The molecule has 0 aliphatic rings. The molecule has 0 fully saturated rings. The molecule has 0 bridgehead atoms. The fourth-order valence-electron chi connectivity index (χ4n) is 1.01. The molecule has 0 aliphatic carbocycles. The molecule has 0 amide bonds. The van der Waals surface area contributed by atoms with Crippen LogP contribution in [0, 0.1) is 0 Å². The summed E-state index contributed by atoms with van der Waals surface area (Å²) < 4.78 is 4.93. The van der Waals surface area contributed by atoms with Gasteiger partial charge in [0.2, 0.25) is 5.88 Å². The van der Waals surface area contributed by atoms with Crippen molar-refractivity contribution in [2.75, 3.05) is 7.11 Å². The van der Waals surface area contributed by atoms with Crippen LogP contribution in [0.15, 0.2) is 12.1 Å². The number of rotatable bonds is 3. The first kappa shape index (κ1) is 10.9. The first-order valence-electron chi connectivity index (χ1n) is 4.06. The van der Waals surface area contributed by atoms with Crippen LogP contribution in [-0.4, -0.2) is 23.9 Å². The zero-order valence-corrected chi connectivity index (χ0v) is 8.71. The van der Waals surface area contributed by atoms with Gasteiger partial charge in [0, 0.05) is 0 Å². The fraction of sp³-hybridized carbons (Fsp3) is 0.333. The summed E-state index contributed by atoms with van der Waals surface area (Å²) in [5.74, 6) is -0.00850. The van der Waals surface area contributed by atoms with Crippen molar-refractivity contribution in [2.45, 2.75) is 13.0 Å². The molecule has 1 aromatic rings. The predicted molar refractivity (Wildman–Crippen MR) is 53.8 cm³/mol. The maximum Gasteiger partial charge on any atom is 0.225 e. The van der Waals surface area contributed by atoms with E-state index in [0.717, 1.165) is 0 Å². The van der Waals surface area contributed by atoms with E-state index in [1.165, 1.54) is 13.2 Å². The van der Waals surface area contributed by atoms with Crippen LogP contribution in [0.1, 0.15) is 17.3 Å². The third-order valence-corrected chi connectivity index (χ3v) is 1.91. The normalized spacial score (nSPS) is 12.3. The van der Waals surface area contributed by atoms with Crippen molar-refractivity contribution in [1.82, 2.24) is 4.98 Å². The fourth-order valence-corrected chi connectivity index (χ4v) is 1.15. The Morgan fingerprint density at radius 3 is 2.79 bits per heavy atom. The van der Waals surface area contributed by atoms with Crippen LogP contribution in [0.3, 0.4) is 0 Å². The molecular formula is C9H11ClN2O2. The predicted octanol–water partition coefficient (Wildman–Crippen LogP) is 1.27. The highest BCUT2D eigenvalue weighted by molar-refractivity contribution is 6.29. The van der Waals surface area contributed by atoms with Gasteiger partial charge < -0.3 is 10.5 Å². The van der Waals surface area contributed by atoms with Gasteiger partial charge in [0.1, 0.15) is 5.15 Å². The monoisotopic (exact) mass is 214 g/mol. The van der Waals surface area contributed by atoms with Gasteiger partial charge in [-0.3, -0.25) is 4.79 Å². The topological polar surface area (TPSA) is 65.2 Å². The SMILES string of the molecule is COc1nc(Cl)ccc1C(=O)C(C)N. The minimum absolute atomic E-state index is 0.208. The Morgan fingerprint density at radius 1 is 1.64 bits per heavy atom. The lowest BCUT2D eigenvalue weighted by Crippen LogP contribution is -2.27. The lowest BCUT2D eigenvalue weighted by Gasteiger charge is -2.08. The van der Waals surface area contributed by atoms with Gasteiger partial charge in [0.15, 0.2) is 5.78 Å². The highest BCUT2D eigenvalue weighted by atomic mass is 35.5. The quantitative estimate of drug-likeness (QED) is 0.608. The summed E-state index contributed by atoms with van der Waals surface area (Å²) in [6, 6.07) is 2.51. The second kappa shape index (κ2) is 4.39. The van der Waals surface area contributed by atoms with Gasteiger partial charge in [-0.15, -0.1) is 0 Å². The molecule has 1 unspecified atom stereocenters. The molecule has 0 aromatic carbocycles. The van der Waals surface area contributed by atoms with Crippen LogP contribution in [0.4, 0.5) is 0 Å². The number of nitrogens with zero attached hydrogens (tertiary/aromatic N) is 1. The van der Waals surface area contributed by atoms with Crippen molar-refractivity contribution >= 4 is 17.4 Å². The van der Waals surface area contributed by atoms with Crippen LogP contribution >= 0.6 is 11.6 Å². The largest absolute Gasteiger partial charge is 0.480 e. The Bertz CT molecular complexity index is 353. The number of halogens is 1. The number of pyridine rings is 1. The number of Topliss-reactive ketones (excluding diaryl/α,β-unsaturated/α-hetero) is 1. The number of carbonyl (C=O) groups is 1. The van der Waals surface area contributed by atoms with Crippen LogP contribution in [0.25, 0.3) is 0 Å². The van der Waals surface area contributed by atoms with Crippen molar-refractivity contribution in [3.8, 4) is 5.88 Å². The number of hydrogen-bond donors (Lipinski definition) is 1. The summed E-state index contributed by atoms with van der Waals surface area (Å²) in [6.45, 7) is 1.61. The third-order valence-electron chi connectivity index (χ3n) is 1.70. The van der Waals surface area contributed by atoms with Crippen molar-refractivity contribution in [1.29, 1.82) is 0 Å². The maximum atomic E-state index is 11.5. The molecule has 0 spiro atoms.